The van der Waals surface area contributed by atoms with Crippen LogP contribution >= 0.6 is 0 Å². The third-order valence-electron chi connectivity index (χ3n) is 6.20. The SMILES string of the molecule is Oc1c2c(c(O)n1-c1cccc(C(F)(F)F)c1)C1CC2CC1c1ccccc1. The summed E-state index contributed by atoms with van der Waals surface area (Å²) < 4.78 is 40.4. The Morgan fingerprint density at radius 1 is 0.821 bits per heavy atom. The summed E-state index contributed by atoms with van der Waals surface area (Å²) in [6.45, 7) is 0. The second-order valence-electron chi connectivity index (χ2n) is 7.65. The van der Waals surface area contributed by atoms with Crippen LogP contribution in [0.4, 0.5) is 13.2 Å². The number of aromatic hydroxyl groups is 2. The van der Waals surface area contributed by atoms with Gasteiger partial charge in [-0.15, -0.1) is 0 Å². The predicted octanol–water partition coefficient (Wildman–Crippen LogP) is 5.67. The van der Waals surface area contributed by atoms with Crippen molar-refractivity contribution in [1.29, 1.82) is 0 Å². The van der Waals surface area contributed by atoms with E-state index in [2.05, 4.69) is 12.1 Å². The highest BCUT2D eigenvalue weighted by Gasteiger charge is 2.49. The summed E-state index contributed by atoms with van der Waals surface area (Å²) in [5.74, 6) is 0.0932. The van der Waals surface area contributed by atoms with Gasteiger partial charge in [0.1, 0.15) is 0 Å². The van der Waals surface area contributed by atoms with Crippen LogP contribution in [0.15, 0.2) is 54.6 Å². The van der Waals surface area contributed by atoms with E-state index in [9.17, 15) is 23.4 Å². The van der Waals surface area contributed by atoms with Gasteiger partial charge in [0.05, 0.1) is 11.3 Å². The average Bonchev–Trinajstić information content (AvgIpc) is 3.33. The summed E-state index contributed by atoms with van der Waals surface area (Å²) in [6.07, 6.45) is -2.79. The molecule has 2 aliphatic carbocycles. The van der Waals surface area contributed by atoms with Crippen LogP contribution in [0.5, 0.6) is 11.8 Å². The van der Waals surface area contributed by atoms with Gasteiger partial charge in [0.2, 0.25) is 11.8 Å². The van der Waals surface area contributed by atoms with Crippen molar-refractivity contribution in [3.63, 3.8) is 0 Å². The highest BCUT2D eigenvalue weighted by molar-refractivity contribution is 5.61. The molecule has 2 aromatic carbocycles. The van der Waals surface area contributed by atoms with Crippen LogP contribution in [0.25, 0.3) is 5.69 Å². The fourth-order valence-electron chi connectivity index (χ4n) is 5.08. The molecule has 28 heavy (non-hydrogen) atoms. The maximum Gasteiger partial charge on any atom is 0.416 e. The Morgan fingerprint density at radius 2 is 1.50 bits per heavy atom. The van der Waals surface area contributed by atoms with E-state index < -0.39 is 11.7 Å². The Bertz CT molecular complexity index is 1060. The largest absolute Gasteiger partial charge is 0.494 e. The zero-order valence-electron chi connectivity index (χ0n) is 14.8. The quantitative estimate of drug-likeness (QED) is 0.597. The first-order valence-corrected chi connectivity index (χ1v) is 9.25. The number of fused-ring (bicyclic) bond motifs is 5. The molecule has 3 atom stereocenters. The van der Waals surface area contributed by atoms with Crippen molar-refractivity contribution in [3.8, 4) is 17.4 Å². The van der Waals surface area contributed by atoms with Crippen LogP contribution in [-0.4, -0.2) is 14.8 Å². The molecule has 0 saturated heterocycles. The van der Waals surface area contributed by atoms with Crippen molar-refractivity contribution in [2.75, 3.05) is 0 Å². The Hall–Kier alpha value is -2.89. The molecule has 1 fully saturated rings. The molecule has 3 aromatic rings. The molecule has 3 unspecified atom stereocenters. The first-order chi connectivity index (χ1) is 13.4. The fourth-order valence-corrected chi connectivity index (χ4v) is 5.08. The van der Waals surface area contributed by atoms with Crippen molar-refractivity contribution in [3.05, 3.63) is 76.9 Å². The minimum atomic E-state index is -4.49. The molecule has 0 aliphatic heterocycles. The standard InChI is InChI=1S/C22H18F3NO2/c23-22(24,25)14-7-4-8-15(11-14)26-20(27)18-13-9-16(12-5-2-1-3-6-12)17(10-13)19(18)21(26)28/h1-8,11,13,16-17,27-28H,9-10H2. The number of nitrogens with zero attached hydrogens (tertiary/aromatic N) is 1. The van der Waals surface area contributed by atoms with Gasteiger partial charge in [-0.1, -0.05) is 36.4 Å². The van der Waals surface area contributed by atoms with Gasteiger partial charge in [-0.2, -0.15) is 13.2 Å². The number of aromatic nitrogens is 1. The molecule has 0 radical (unpaired) electrons. The molecule has 2 N–H and O–H groups in total. The molecule has 6 heteroatoms. The molecule has 5 rings (SSSR count). The second kappa shape index (κ2) is 5.80. The lowest BCUT2D eigenvalue weighted by molar-refractivity contribution is -0.137. The minimum Gasteiger partial charge on any atom is -0.494 e. The van der Waals surface area contributed by atoms with Crippen LogP contribution in [0, 0.1) is 0 Å². The Labute approximate surface area is 159 Å². The van der Waals surface area contributed by atoms with Crippen molar-refractivity contribution in [1.82, 2.24) is 4.57 Å². The molecule has 144 valence electrons. The van der Waals surface area contributed by atoms with Crippen LogP contribution in [-0.2, 0) is 6.18 Å². The molecule has 0 amide bonds. The van der Waals surface area contributed by atoms with Crippen LogP contribution in [0.3, 0.4) is 0 Å². The lowest BCUT2D eigenvalue weighted by Gasteiger charge is -2.22. The molecule has 2 aliphatic rings. The molecule has 1 saturated carbocycles. The van der Waals surface area contributed by atoms with E-state index in [1.165, 1.54) is 17.7 Å². The van der Waals surface area contributed by atoms with Gasteiger partial charge in [-0.3, -0.25) is 4.57 Å². The van der Waals surface area contributed by atoms with Gasteiger partial charge in [-0.05, 0) is 54.4 Å². The molecule has 0 spiro atoms. The lowest BCUT2D eigenvalue weighted by atomic mass is 9.81. The summed E-state index contributed by atoms with van der Waals surface area (Å²) in [5, 5.41) is 21.7. The maximum atomic E-state index is 13.1. The first kappa shape index (κ1) is 17.2. The predicted molar refractivity (Wildman–Crippen MR) is 98.0 cm³/mol. The number of hydrogen-bond acceptors (Lipinski definition) is 2. The van der Waals surface area contributed by atoms with E-state index >= 15 is 0 Å². The third-order valence-corrected chi connectivity index (χ3v) is 6.20. The van der Waals surface area contributed by atoms with Crippen molar-refractivity contribution < 1.29 is 23.4 Å². The monoisotopic (exact) mass is 385 g/mol. The highest BCUT2D eigenvalue weighted by atomic mass is 19.4. The third kappa shape index (κ3) is 2.37. The van der Waals surface area contributed by atoms with E-state index in [1.54, 1.807) is 0 Å². The second-order valence-corrected chi connectivity index (χ2v) is 7.65. The van der Waals surface area contributed by atoms with Gasteiger partial charge in [-0.25, -0.2) is 0 Å². The molecule has 2 bridgehead atoms. The topological polar surface area (TPSA) is 45.4 Å². The van der Waals surface area contributed by atoms with E-state index in [-0.39, 0.29) is 35.2 Å². The summed E-state index contributed by atoms with van der Waals surface area (Å²) in [5.41, 5.74) is 1.84. The summed E-state index contributed by atoms with van der Waals surface area (Å²) in [4.78, 5) is 0. The summed E-state index contributed by atoms with van der Waals surface area (Å²) in [7, 11) is 0. The number of rotatable bonds is 2. The van der Waals surface area contributed by atoms with E-state index in [4.69, 9.17) is 0 Å². The smallest absolute Gasteiger partial charge is 0.416 e. The molecular formula is C22H18F3NO2. The number of alkyl halides is 3. The Kier molecular flexibility index (Phi) is 3.57. The van der Waals surface area contributed by atoms with E-state index in [0.717, 1.165) is 29.5 Å². The number of benzene rings is 2. The summed E-state index contributed by atoms with van der Waals surface area (Å²) in [6, 6.07) is 14.7. The van der Waals surface area contributed by atoms with Crippen LogP contribution < -0.4 is 0 Å². The lowest BCUT2D eigenvalue weighted by Crippen LogP contribution is -2.07. The van der Waals surface area contributed by atoms with Gasteiger partial charge < -0.3 is 10.2 Å². The fraction of sp³-hybridized carbons (Fsp3) is 0.273. The van der Waals surface area contributed by atoms with Crippen molar-refractivity contribution >= 4 is 0 Å². The van der Waals surface area contributed by atoms with Gasteiger partial charge in [0, 0.05) is 11.1 Å². The van der Waals surface area contributed by atoms with Gasteiger partial charge in [0.25, 0.3) is 0 Å². The number of halogens is 3. The molecule has 1 heterocycles. The first-order valence-electron chi connectivity index (χ1n) is 9.25. The minimum absolute atomic E-state index is 0.0559. The molecular weight excluding hydrogens is 367 g/mol. The Balaban J connectivity index is 1.61. The normalized spacial score (nSPS) is 23.2. The molecule has 1 aromatic heterocycles. The van der Waals surface area contributed by atoms with Gasteiger partial charge in [0.15, 0.2) is 0 Å². The summed E-state index contributed by atoms with van der Waals surface area (Å²) >= 11 is 0. The van der Waals surface area contributed by atoms with E-state index in [0.29, 0.717) is 11.1 Å². The van der Waals surface area contributed by atoms with Crippen molar-refractivity contribution in [2.24, 2.45) is 0 Å². The number of hydrogen-bond donors (Lipinski definition) is 2. The Morgan fingerprint density at radius 3 is 2.21 bits per heavy atom. The van der Waals surface area contributed by atoms with Crippen molar-refractivity contribution in [2.45, 2.75) is 36.8 Å². The van der Waals surface area contributed by atoms with Gasteiger partial charge >= 0.3 is 6.18 Å². The van der Waals surface area contributed by atoms with Crippen LogP contribution in [0.1, 0.15) is 52.8 Å². The maximum absolute atomic E-state index is 13.1. The zero-order chi connectivity index (χ0) is 19.6. The zero-order valence-corrected chi connectivity index (χ0v) is 14.8. The average molecular weight is 385 g/mol. The molecule has 3 nitrogen and oxygen atoms in total. The van der Waals surface area contributed by atoms with Crippen LogP contribution in [0.2, 0.25) is 0 Å². The van der Waals surface area contributed by atoms with E-state index in [1.807, 2.05) is 18.2 Å². The highest BCUT2D eigenvalue weighted by Crippen LogP contribution is 2.65.